The molecule has 0 saturated heterocycles. The zero-order chi connectivity index (χ0) is 34.9. The molecule has 0 aliphatic carbocycles. The van der Waals surface area contributed by atoms with Crippen molar-refractivity contribution >= 4 is 84.5 Å². The molecule has 0 spiro atoms. The molecule has 0 heterocycles. The van der Waals surface area contributed by atoms with Crippen molar-refractivity contribution in [3.8, 4) is 22.3 Å². The average Bonchev–Trinajstić information content (AvgIpc) is 2.90. The van der Waals surface area contributed by atoms with Crippen LogP contribution in [0.1, 0.15) is 152 Å². The first kappa shape index (κ1) is 46.7. The SMILES string of the molecule is CC(C)c1cc(C(C)C)c(-c2cccc(-c3c(C(C)C)cc(C(C)C)cc3C(C)C)[c]2[Sn])c(C(C)C)c1.[CH3][Sn]([CH3])[CH3].[CH3][Sn]([CH3])[CH3].[Li]. The summed E-state index contributed by atoms with van der Waals surface area (Å²) in [6.45, 7) is 28.2. The Balaban J connectivity index is 0.00000201. The molecule has 0 aliphatic heterocycles. The van der Waals surface area contributed by atoms with Crippen molar-refractivity contribution < 1.29 is 0 Å². The summed E-state index contributed by atoms with van der Waals surface area (Å²) in [6.07, 6.45) is 0. The Bertz CT molecular complexity index is 1180. The van der Waals surface area contributed by atoms with Crippen LogP contribution in [0.2, 0.25) is 29.6 Å². The molecule has 0 aliphatic rings. The summed E-state index contributed by atoms with van der Waals surface area (Å²) >= 11 is 0.400. The van der Waals surface area contributed by atoms with Gasteiger partial charge in [-0.3, -0.25) is 0 Å². The Morgan fingerprint density at radius 2 is 0.652 bits per heavy atom. The Morgan fingerprint density at radius 3 is 0.826 bits per heavy atom. The smallest absolute Gasteiger partial charge is 0 e. The van der Waals surface area contributed by atoms with E-state index in [1.54, 1.807) is 0 Å². The fourth-order valence-corrected chi connectivity index (χ4v) is 6.69. The minimum Gasteiger partial charge on any atom is 0 e. The van der Waals surface area contributed by atoms with E-state index in [2.05, 4.69) is 155 Å². The van der Waals surface area contributed by atoms with Crippen molar-refractivity contribution in [1.29, 1.82) is 0 Å². The van der Waals surface area contributed by atoms with Gasteiger partial charge in [-0.1, -0.05) is 0 Å². The van der Waals surface area contributed by atoms with E-state index >= 15 is 0 Å². The Morgan fingerprint density at radius 1 is 0.435 bits per heavy atom. The van der Waals surface area contributed by atoms with Crippen LogP contribution in [-0.2, 0) is 0 Å². The summed E-state index contributed by atoms with van der Waals surface area (Å²) < 4.78 is 1.50. The van der Waals surface area contributed by atoms with Crippen LogP contribution in [0.25, 0.3) is 22.3 Å². The van der Waals surface area contributed by atoms with Gasteiger partial charge in [0.05, 0.1) is 0 Å². The van der Waals surface area contributed by atoms with Crippen molar-refractivity contribution in [2.45, 2.75) is 148 Å². The normalized spacial score (nSPS) is 11.5. The summed E-state index contributed by atoms with van der Waals surface area (Å²) in [5.41, 5.74) is 14.8. The van der Waals surface area contributed by atoms with Crippen molar-refractivity contribution in [1.82, 2.24) is 0 Å². The molecule has 46 heavy (non-hydrogen) atoms. The predicted molar refractivity (Wildman–Crippen MR) is 220 cm³/mol. The summed E-state index contributed by atoms with van der Waals surface area (Å²) in [4.78, 5) is 14.2. The van der Waals surface area contributed by atoms with Crippen LogP contribution in [0.5, 0.6) is 0 Å². The summed E-state index contributed by atoms with van der Waals surface area (Å²) in [5.74, 6) is 2.98. The van der Waals surface area contributed by atoms with Crippen LogP contribution in [0, 0.1) is 0 Å². The maximum Gasteiger partial charge on any atom is 0 e. The molecule has 0 bridgehead atoms. The molecule has 248 valence electrons. The van der Waals surface area contributed by atoms with Crippen LogP contribution in [0.3, 0.4) is 0 Å². The number of benzene rings is 3. The van der Waals surface area contributed by atoms with Crippen LogP contribution in [0.4, 0.5) is 0 Å². The van der Waals surface area contributed by atoms with E-state index in [0.29, 0.717) is 35.5 Å². The monoisotopic (exact) mass is 938 g/mol. The van der Waals surface area contributed by atoms with Gasteiger partial charge in [0.1, 0.15) is 0 Å². The maximum absolute atomic E-state index is 2.50. The molecule has 0 fully saturated rings. The summed E-state index contributed by atoms with van der Waals surface area (Å²) in [7, 11) is 0. The second kappa shape index (κ2) is 21.8. The molecule has 0 unspecified atom stereocenters. The molecule has 0 N–H and O–H groups in total. The quantitative estimate of drug-likeness (QED) is 0.198. The van der Waals surface area contributed by atoms with Gasteiger partial charge in [-0.05, 0) is 0 Å². The zero-order valence-electron chi connectivity index (χ0n) is 33.5. The van der Waals surface area contributed by atoms with Crippen molar-refractivity contribution in [3.63, 3.8) is 0 Å². The average molecular weight is 935 g/mol. The molecule has 0 nitrogen and oxygen atoms in total. The van der Waals surface area contributed by atoms with Gasteiger partial charge in [0.25, 0.3) is 0 Å². The van der Waals surface area contributed by atoms with Crippen molar-refractivity contribution in [2.75, 3.05) is 0 Å². The maximum atomic E-state index is 2.50. The number of hydrogen-bond donors (Lipinski definition) is 0. The zero-order valence-corrected chi connectivity index (χ0v) is 42.1. The first-order valence-corrected chi connectivity index (χ1v) is 36.0. The van der Waals surface area contributed by atoms with Crippen LogP contribution in [-0.4, -0.2) is 80.9 Å². The third-order valence-electron chi connectivity index (χ3n) is 7.87. The van der Waals surface area contributed by atoms with Crippen LogP contribution in [0.15, 0.2) is 42.5 Å². The van der Waals surface area contributed by atoms with E-state index in [0.717, 1.165) is 0 Å². The molecule has 0 aromatic heterocycles. The van der Waals surface area contributed by atoms with Gasteiger partial charge in [-0.15, -0.1) is 0 Å². The van der Waals surface area contributed by atoms with Crippen molar-refractivity contribution in [3.05, 3.63) is 75.8 Å². The molecular formula is C42H67LiSn3. The third kappa shape index (κ3) is 13.8. The Kier molecular flexibility index (Phi) is 22.1. The molecule has 3 aromatic rings. The minimum atomic E-state index is -0.543. The molecule has 0 saturated carbocycles. The van der Waals surface area contributed by atoms with Gasteiger partial charge >= 0.3 is 312 Å². The van der Waals surface area contributed by atoms with Gasteiger partial charge in [0.15, 0.2) is 0 Å². The minimum absolute atomic E-state index is 0. The topological polar surface area (TPSA) is 0 Å². The second-order valence-corrected chi connectivity index (χ2v) is 34.4. The van der Waals surface area contributed by atoms with Crippen molar-refractivity contribution in [2.24, 2.45) is 0 Å². The first-order valence-electron chi connectivity index (χ1n) is 17.5. The molecule has 3 rings (SSSR count). The molecule has 0 amide bonds. The summed E-state index contributed by atoms with van der Waals surface area (Å²) in [6, 6.07) is 17.1. The largest absolute Gasteiger partial charge is 0 e. The van der Waals surface area contributed by atoms with E-state index in [1.807, 2.05) is 0 Å². The predicted octanol–water partition coefficient (Wildman–Crippen LogP) is 12.9. The van der Waals surface area contributed by atoms with Gasteiger partial charge < -0.3 is 0 Å². The van der Waals surface area contributed by atoms with Crippen LogP contribution < -0.4 is 3.58 Å². The van der Waals surface area contributed by atoms with E-state index < -0.39 is 39.5 Å². The molecule has 4 heteroatoms. The van der Waals surface area contributed by atoms with Gasteiger partial charge in [-0.25, -0.2) is 0 Å². The number of rotatable bonds is 8. The Hall–Kier alpha value is 0.654. The fraction of sp³-hybridized carbons (Fsp3) is 0.571. The third-order valence-corrected chi connectivity index (χ3v) is 9.41. The van der Waals surface area contributed by atoms with Crippen LogP contribution >= 0.6 is 0 Å². The van der Waals surface area contributed by atoms with Gasteiger partial charge in [-0.2, -0.15) is 0 Å². The van der Waals surface area contributed by atoms with E-state index in [9.17, 15) is 0 Å². The van der Waals surface area contributed by atoms with Gasteiger partial charge in [0, 0.05) is 18.9 Å². The van der Waals surface area contributed by atoms with E-state index in [4.69, 9.17) is 0 Å². The first-order chi connectivity index (χ1) is 20.7. The Labute approximate surface area is 327 Å². The molecule has 3 aromatic carbocycles. The summed E-state index contributed by atoms with van der Waals surface area (Å²) in [5, 5.41) is 0. The van der Waals surface area contributed by atoms with E-state index in [-0.39, 0.29) is 18.9 Å². The molecule has 0 atom stereocenters. The molecule has 6 radical (unpaired) electrons. The number of hydrogen-bond acceptors (Lipinski definition) is 0. The second-order valence-electron chi connectivity index (χ2n) is 15.8. The van der Waals surface area contributed by atoms with Gasteiger partial charge in [0.2, 0.25) is 0 Å². The van der Waals surface area contributed by atoms with E-state index in [1.165, 1.54) is 81.7 Å². The molecular weight excluding hydrogens is 868 g/mol. The standard InChI is InChI=1S/C36H49.6CH3.Li.3Sn/c1-21(2)29-17-31(23(5)6)35(32(18-29)24(7)8)27-14-13-15-28(16-27)36-33(25(9)10)19-30(22(3)4)20-34(36)26(11)12;;;;;;;;;;/h13-15,17-26H,1-12H3;6*1H3;;;;. The fourth-order valence-electron chi connectivity index (χ4n) is 5.50.